The Hall–Kier alpha value is -0.270. The Morgan fingerprint density at radius 3 is 2.38 bits per heavy atom. The number of aliphatic hydroxyl groups excluding tert-OH is 1. The molecular weight excluding hydrogens is 204 g/mol. The van der Waals surface area contributed by atoms with Crippen molar-refractivity contribution in [3.05, 3.63) is 0 Å². The predicted octanol–water partition coefficient (Wildman–Crippen LogP) is 0.147. The molecule has 0 aliphatic rings. The summed E-state index contributed by atoms with van der Waals surface area (Å²) in [5.41, 5.74) is 0. The second-order valence-corrected chi connectivity index (χ2v) is 4.51. The fraction of sp³-hybridized carbons (Fsp3) is 1.00. The van der Waals surface area contributed by atoms with Crippen LogP contribution >= 0.6 is 0 Å². The highest BCUT2D eigenvalue weighted by Crippen LogP contribution is 2.04. The van der Waals surface area contributed by atoms with Crippen molar-refractivity contribution in [2.75, 3.05) is 13.2 Å². The van der Waals surface area contributed by atoms with Crippen molar-refractivity contribution in [1.82, 2.24) is 4.72 Å². The first-order chi connectivity index (χ1) is 5.90. The van der Waals surface area contributed by atoms with Crippen LogP contribution in [0.5, 0.6) is 0 Å². The van der Waals surface area contributed by atoms with Crippen LogP contribution < -0.4 is 4.72 Å². The molecule has 1 unspecified atom stereocenters. The van der Waals surface area contributed by atoms with Crippen molar-refractivity contribution in [3.8, 4) is 0 Å². The first-order valence-electron chi connectivity index (χ1n) is 3.77. The molecule has 0 fully saturated rings. The Balaban J connectivity index is 3.89. The lowest BCUT2D eigenvalue weighted by molar-refractivity contribution is 0.231. The zero-order valence-electron chi connectivity index (χ0n) is 7.20. The van der Waals surface area contributed by atoms with Crippen LogP contribution in [0.2, 0.25) is 0 Å². The lowest BCUT2D eigenvalue weighted by Gasteiger charge is -2.10. The normalized spacial score (nSPS) is 14.8. The molecule has 0 heterocycles. The van der Waals surface area contributed by atoms with Crippen LogP contribution in [0.15, 0.2) is 0 Å². The summed E-state index contributed by atoms with van der Waals surface area (Å²) in [7, 11) is -4.48. The van der Waals surface area contributed by atoms with Crippen molar-refractivity contribution >= 4 is 10.0 Å². The summed E-state index contributed by atoms with van der Waals surface area (Å²) in [5.74, 6) is -3.55. The molecule has 2 N–H and O–H groups in total. The molecule has 0 saturated carbocycles. The zero-order chi connectivity index (χ0) is 10.5. The maximum atomic E-state index is 11.7. The molecule has 0 rings (SSSR count). The Morgan fingerprint density at radius 1 is 1.46 bits per heavy atom. The van der Waals surface area contributed by atoms with Gasteiger partial charge >= 0.3 is 5.76 Å². The van der Waals surface area contributed by atoms with E-state index in [9.17, 15) is 17.2 Å². The number of nitrogens with one attached hydrogen (secondary N) is 1. The molecule has 0 aromatic carbocycles. The van der Waals surface area contributed by atoms with E-state index in [1.807, 2.05) is 0 Å². The van der Waals surface area contributed by atoms with Gasteiger partial charge in [0, 0.05) is 13.2 Å². The molecule has 0 spiro atoms. The van der Waals surface area contributed by atoms with Crippen molar-refractivity contribution in [2.45, 2.75) is 19.1 Å². The number of alkyl halides is 2. The van der Waals surface area contributed by atoms with Crippen LogP contribution in [0.3, 0.4) is 0 Å². The second kappa shape index (κ2) is 5.46. The summed E-state index contributed by atoms with van der Waals surface area (Å²) < 4.78 is 46.3. The van der Waals surface area contributed by atoms with Gasteiger partial charge in [-0.05, 0) is 12.3 Å². The maximum Gasteiger partial charge on any atom is 0.350 e. The van der Waals surface area contributed by atoms with Crippen molar-refractivity contribution in [1.29, 1.82) is 0 Å². The van der Waals surface area contributed by atoms with Crippen molar-refractivity contribution < 1.29 is 22.3 Å². The lowest BCUT2D eigenvalue weighted by atomic mass is 10.1. The standard InChI is InChI=1S/C6H13F2NO3S/c1-5(2-3-10)4-9-13(11,12)6(7)8/h5-6,9-10H,2-4H2,1H3. The van der Waals surface area contributed by atoms with Crippen LogP contribution in [-0.4, -0.2) is 32.4 Å². The first kappa shape index (κ1) is 12.7. The van der Waals surface area contributed by atoms with Crippen LogP contribution in [-0.2, 0) is 10.0 Å². The number of halogens is 2. The van der Waals surface area contributed by atoms with E-state index in [-0.39, 0.29) is 19.1 Å². The monoisotopic (exact) mass is 217 g/mol. The van der Waals surface area contributed by atoms with E-state index < -0.39 is 15.8 Å². The molecule has 0 radical (unpaired) electrons. The molecule has 0 aromatic rings. The van der Waals surface area contributed by atoms with Crippen LogP contribution in [0.4, 0.5) is 8.78 Å². The summed E-state index contributed by atoms with van der Waals surface area (Å²) in [6.45, 7) is 1.50. The van der Waals surface area contributed by atoms with Crippen LogP contribution in [0.25, 0.3) is 0 Å². The van der Waals surface area contributed by atoms with E-state index in [0.717, 1.165) is 0 Å². The van der Waals surface area contributed by atoms with Crippen LogP contribution in [0.1, 0.15) is 13.3 Å². The molecule has 0 amide bonds. The molecule has 1 atom stereocenters. The minimum absolute atomic E-state index is 0.0762. The van der Waals surface area contributed by atoms with Gasteiger partial charge in [-0.25, -0.2) is 13.1 Å². The Morgan fingerprint density at radius 2 is 2.00 bits per heavy atom. The van der Waals surface area contributed by atoms with Gasteiger partial charge in [-0.1, -0.05) is 6.92 Å². The Bertz CT molecular complexity index is 230. The van der Waals surface area contributed by atoms with Gasteiger partial charge in [-0.2, -0.15) is 8.78 Å². The zero-order valence-corrected chi connectivity index (χ0v) is 8.02. The Kier molecular flexibility index (Phi) is 5.34. The average molecular weight is 217 g/mol. The fourth-order valence-electron chi connectivity index (χ4n) is 0.644. The van der Waals surface area contributed by atoms with Gasteiger partial charge in [-0.15, -0.1) is 0 Å². The third-order valence-electron chi connectivity index (χ3n) is 1.49. The number of sulfonamides is 1. The molecule has 4 nitrogen and oxygen atoms in total. The number of rotatable bonds is 6. The number of aliphatic hydroxyl groups is 1. The first-order valence-corrected chi connectivity index (χ1v) is 5.32. The van der Waals surface area contributed by atoms with Crippen molar-refractivity contribution in [2.24, 2.45) is 5.92 Å². The summed E-state index contributed by atoms with van der Waals surface area (Å²) in [5, 5.41) is 8.45. The van der Waals surface area contributed by atoms with Crippen molar-refractivity contribution in [3.63, 3.8) is 0 Å². The van der Waals surface area contributed by atoms with E-state index in [0.29, 0.717) is 6.42 Å². The van der Waals surface area contributed by atoms with Crippen LogP contribution in [0, 0.1) is 5.92 Å². The summed E-state index contributed by atoms with van der Waals surface area (Å²) >= 11 is 0. The van der Waals surface area contributed by atoms with Gasteiger partial charge in [0.25, 0.3) is 10.0 Å². The van der Waals surface area contributed by atoms with Gasteiger partial charge in [-0.3, -0.25) is 0 Å². The fourth-order valence-corrected chi connectivity index (χ4v) is 1.29. The summed E-state index contributed by atoms with van der Waals surface area (Å²) in [6, 6.07) is 0. The third kappa shape index (κ3) is 5.12. The van der Waals surface area contributed by atoms with Gasteiger partial charge in [0.1, 0.15) is 0 Å². The molecule has 7 heteroatoms. The van der Waals surface area contributed by atoms with E-state index in [1.54, 1.807) is 11.6 Å². The molecule has 0 bridgehead atoms. The predicted molar refractivity (Wildman–Crippen MR) is 43.8 cm³/mol. The number of hydrogen-bond acceptors (Lipinski definition) is 3. The van der Waals surface area contributed by atoms with E-state index in [2.05, 4.69) is 0 Å². The van der Waals surface area contributed by atoms with E-state index in [4.69, 9.17) is 5.11 Å². The minimum Gasteiger partial charge on any atom is -0.396 e. The van der Waals surface area contributed by atoms with Gasteiger partial charge in [0.15, 0.2) is 0 Å². The molecule has 0 aliphatic carbocycles. The topological polar surface area (TPSA) is 66.4 Å². The quantitative estimate of drug-likeness (QED) is 0.665. The molecule has 0 aromatic heterocycles. The smallest absolute Gasteiger partial charge is 0.350 e. The largest absolute Gasteiger partial charge is 0.396 e. The average Bonchev–Trinajstić information content (AvgIpc) is 2.01. The minimum atomic E-state index is -4.48. The lowest BCUT2D eigenvalue weighted by Crippen LogP contribution is -2.33. The SMILES string of the molecule is CC(CCO)CNS(=O)(=O)C(F)F. The highest BCUT2D eigenvalue weighted by atomic mass is 32.2. The Labute approximate surface area is 76.0 Å². The third-order valence-corrected chi connectivity index (χ3v) is 2.53. The van der Waals surface area contributed by atoms with Gasteiger partial charge in [0.05, 0.1) is 0 Å². The molecule has 80 valence electrons. The highest BCUT2D eigenvalue weighted by molar-refractivity contribution is 7.89. The second-order valence-electron chi connectivity index (χ2n) is 2.77. The molecule has 13 heavy (non-hydrogen) atoms. The van der Waals surface area contributed by atoms with E-state index >= 15 is 0 Å². The summed E-state index contributed by atoms with van der Waals surface area (Å²) in [4.78, 5) is 0. The highest BCUT2D eigenvalue weighted by Gasteiger charge is 2.23. The molecular formula is C6H13F2NO3S. The maximum absolute atomic E-state index is 11.7. The van der Waals surface area contributed by atoms with Gasteiger partial charge < -0.3 is 5.11 Å². The molecule has 0 aliphatic heterocycles. The summed E-state index contributed by atoms with van der Waals surface area (Å²) in [6.07, 6.45) is 0.381. The van der Waals surface area contributed by atoms with E-state index in [1.165, 1.54) is 0 Å². The van der Waals surface area contributed by atoms with Gasteiger partial charge in [0.2, 0.25) is 0 Å². The number of hydrogen-bond donors (Lipinski definition) is 2. The molecule has 0 saturated heterocycles.